The summed E-state index contributed by atoms with van der Waals surface area (Å²) in [7, 11) is 1.91. The van der Waals surface area contributed by atoms with Crippen molar-refractivity contribution < 1.29 is 14.3 Å². The Labute approximate surface area is 135 Å². The Hall–Kier alpha value is -2.14. The fourth-order valence-electron chi connectivity index (χ4n) is 3.40. The molecule has 0 spiro atoms. The molecule has 1 aromatic heterocycles. The summed E-state index contributed by atoms with van der Waals surface area (Å²) >= 11 is 0. The predicted molar refractivity (Wildman–Crippen MR) is 88.6 cm³/mol. The van der Waals surface area contributed by atoms with Gasteiger partial charge in [-0.3, -0.25) is 9.59 Å². The summed E-state index contributed by atoms with van der Waals surface area (Å²) in [6.07, 6.45) is -0.103. The van der Waals surface area contributed by atoms with Crippen LogP contribution in [0.15, 0.2) is 24.3 Å². The van der Waals surface area contributed by atoms with Gasteiger partial charge in [0.15, 0.2) is 0 Å². The van der Waals surface area contributed by atoms with Crippen LogP contribution in [0.4, 0.5) is 0 Å². The maximum absolute atomic E-state index is 12.9. The first-order chi connectivity index (χ1) is 10.9. The highest BCUT2D eigenvalue weighted by Crippen LogP contribution is 2.26. The normalized spacial score (nSPS) is 21.7. The lowest BCUT2D eigenvalue weighted by molar-refractivity contribution is -0.138. The molecule has 1 amide bonds. The van der Waals surface area contributed by atoms with Crippen LogP contribution in [0, 0.1) is 6.92 Å². The van der Waals surface area contributed by atoms with Crippen molar-refractivity contribution in [3.05, 3.63) is 35.5 Å². The number of ketones is 1. The summed E-state index contributed by atoms with van der Waals surface area (Å²) in [6.45, 7) is 6.63. The molecule has 122 valence electrons. The Morgan fingerprint density at radius 1 is 1.13 bits per heavy atom. The number of hydrogen-bond acceptors (Lipinski definition) is 3. The van der Waals surface area contributed by atoms with Gasteiger partial charge < -0.3 is 14.2 Å². The molecule has 0 N–H and O–H groups in total. The maximum atomic E-state index is 12.9. The maximum Gasteiger partial charge on any atom is 0.295 e. The van der Waals surface area contributed by atoms with Gasteiger partial charge in [-0.2, -0.15) is 0 Å². The van der Waals surface area contributed by atoms with E-state index in [9.17, 15) is 9.59 Å². The molecule has 5 nitrogen and oxygen atoms in total. The first-order valence-electron chi connectivity index (χ1n) is 7.93. The fraction of sp³-hybridized carbons (Fsp3) is 0.444. The minimum Gasteiger partial charge on any atom is -0.372 e. The number of carbonyl (C=O) groups excluding carboxylic acids is 2. The van der Waals surface area contributed by atoms with E-state index in [-0.39, 0.29) is 12.2 Å². The molecule has 3 rings (SSSR count). The van der Waals surface area contributed by atoms with Crippen molar-refractivity contribution in [2.45, 2.75) is 33.0 Å². The highest BCUT2D eigenvalue weighted by molar-refractivity contribution is 6.45. The molecule has 2 heterocycles. The van der Waals surface area contributed by atoms with E-state index in [2.05, 4.69) is 0 Å². The summed E-state index contributed by atoms with van der Waals surface area (Å²) in [5.41, 5.74) is 2.30. The van der Waals surface area contributed by atoms with Gasteiger partial charge in [0.2, 0.25) is 0 Å². The van der Waals surface area contributed by atoms with E-state index in [0.29, 0.717) is 18.7 Å². The summed E-state index contributed by atoms with van der Waals surface area (Å²) in [5, 5.41) is 0.834. The molecular weight excluding hydrogens is 292 g/mol. The van der Waals surface area contributed by atoms with E-state index in [1.54, 1.807) is 4.90 Å². The average Bonchev–Trinajstić information content (AvgIpc) is 2.77. The molecule has 0 saturated carbocycles. The first-order valence-corrected chi connectivity index (χ1v) is 7.93. The third kappa shape index (κ3) is 2.65. The van der Waals surface area contributed by atoms with Crippen LogP contribution in [0.25, 0.3) is 10.9 Å². The lowest BCUT2D eigenvalue weighted by Crippen LogP contribution is -2.50. The SMILES string of the molecule is Cc1c(C(=O)C(=O)N2C[C@H](C)O[C@@H](C)C2)c2ccccc2n1C. The van der Waals surface area contributed by atoms with Gasteiger partial charge in [0.25, 0.3) is 11.7 Å². The Bertz CT molecular complexity index is 768. The van der Waals surface area contributed by atoms with Crippen molar-refractivity contribution in [3.63, 3.8) is 0 Å². The molecule has 1 aromatic carbocycles. The second-order valence-corrected chi connectivity index (χ2v) is 6.33. The van der Waals surface area contributed by atoms with Crippen molar-refractivity contribution in [2.75, 3.05) is 13.1 Å². The highest BCUT2D eigenvalue weighted by atomic mass is 16.5. The zero-order valence-corrected chi connectivity index (χ0v) is 14.0. The fourth-order valence-corrected chi connectivity index (χ4v) is 3.40. The van der Waals surface area contributed by atoms with Crippen molar-refractivity contribution in [1.29, 1.82) is 0 Å². The number of amides is 1. The first kappa shape index (κ1) is 15.7. The zero-order chi connectivity index (χ0) is 16.7. The van der Waals surface area contributed by atoms with E-state index in [0.717, 1.165) is 16.6 Å². The lowest BCUT2D eigenvalue weighted by atomic mass is 10.0. The average molecular weight is 314 g/mol. The van der Waals surface area contributed by atoms with Crippen molar-refractivity contribution in [1.82, 2.24) is 9.47 Å². The molecule has 5 heteroatoms. The van der Waals surface area contributed by atoms with Gasteiger partial charge in [0.1, 0.15) is 0 Å². The second-order valence-electron chi connectivity index (χ2n) is 6.33. The summed E-state index contributed by atoms with van der Waals surface area (Å²) in [5.74, 6) is -0.868. The molecule has 23 heavy (non-hydrogen) atoms. The van der Waals surface area contributed by atoms with Crippen LogP contribution in [-0.2, 0) is 16.6 Å². The number of nitrogens with zero attached hydrogens (tertiary/aromatic N) is 2. The van der Waals surface area contributed by atoms with Crippen molar-refractivity contribution >= 4 is 22.6 Å². The number of rotatable bonds is 2. The summed E-state index contributed by atoms with van der Waals surface area (Å²) in [6, 6.07) is 7.68. The lowest BCUT2D eigenvalue weighted by Gasteiger charge is -2.34. The van der Waals surface area contributed by atoms with E-state index in [1.807, 2.05) is 56.7 Å². The number of carbonyl (C=O) groups is 2. The molecule has 0 bridgehead atoms. The van der Waals surface area contributed by atoms with Gasteiger partial charge in [-0.15, -0.1) is 0 Å². The molecular formula is C18H22N2O3. The molecule has 0 aliphatic carbocycles. The molecule has 0 radical (unpaired) electrons. The molecule has 1 fully saturated rings. The number of ether oxygens (including phenoxy) is 1. The molecule has 0 unspecified atom stereocenters. The van der Waals surface area contributed by atoms with Crippen LogP contribution < -0.4 is 0 Å². The van der Waals surface area contributed by atoms with E-state index < -0.39 is 11.7 Å². The number of Topliss-reactive ketones (excluding diaryl/α,β-unsaturated/α-hetero) is 1. The molecule has 1 aliphatic rings. The van der Waals surface area contributed by atoms with E-state index >= 15 is 0 Å². The number of hydrogen-bond donors (Lipinski definition) is 0. The Balaban J connectivity index is 1.97. The van der Waals surface area contributed by atoms with Gasteiger partial charge in [-0.05, 0) is 26.8 Å². The summed E-state index contributed by atoms with van der Waals surface area (Å²) in [4.78, 5) is 27.2. The molecule has 1 saturated heterocycles. The minimum absolute atomic E-state index is 0.0517. The third-order valence-electron chi connectivity index (χ3n) is 4.53. The number of aryl methyl sites for hydroxylation is 1. The van der Waals surface area contributed by atoms with E-state index in [4.69, 9.17) is 4.74 Å². The zero-order valence-electron chi connectivity index (χ0n) is 14.0. The van der Waals surface area contributed by atoms with Crippen LogP contribution >= 0.6 is 0 Å². The van der Waals surface area contributed by atoms with Crippen LogP contribution in [0.1, 0.15) is 29.9 Å². The number of benzene rings is 1. The topological polar surface area (TPSA) is 51.5 Å². The molecule has 1 aliphatic heterocycles. The molecule has 2 atom stereocenters. The van der Waals surface area contributed by atoms with Crippen molar-refractivity contribution in [3.8, 4) is 0 Å². The molecule has 2 aromatic rings. The largest absolute Gasteiger partial charge is 0.372 e. The number of aromatic nitrogens is 1. The highest BCUT2D eigenvalue weighted by Gasteiger charge is 2.32. The Kier molecular flexibility index (Phi) is 3.98. The standard InChI is InChI=1S/C18H22N2O3/c1-11-9-20(10-12(2)23-11)18(22)17(21)16-13(3)19(4)15-8-6-5-7-14(15)16/h5-8,11-12H,9-10H2,1-4H3/t11-,12-/m0/s1. The van der Waals surface area contributed by atoms with Gasteiger partial charge >= 0.3 is 0 Å². The van der Waals surface area contributed by atoms with Gasteiger partial charge in [0, 0.05) is 36.7 Å². The van der Waals surface area contributed by atoms with E-state index in [1.165, 1.54) is 0 Å². The number of fused-ring (bicyclic) bond motifs is 1. The smallest absolute Gasteiger partial charge is 0.295 e. The number of para-hydroxylation sites is 1. The minimum atomic E-state index is -0.438. The van der Waals surface area contributed by atoms with Crippen LogP contribution in [0.2, 0.25) is 0 Å². The van der Waals surface area contributed by atoms with Crippen LogP contribution in [0.3, 0.4) is 0 Å². The van der Waals surface area contributed by atoms with Crippen LogP contribution in [-0.4, -0.2) is 46.5 Å². The third-order valence-corrected chi connectivity index (χ3v) is 4.53. The van der Waals surface area contributed by atoms with Gasteiger partial charge in [-0.25, -0.2) is 0 Å². The Morgan fingerprint density at radius 3 is 2.39 bits per heavy atom. The van der Waals surface area contributed by atoms with Gasteiger partial charge in [0.05, 0.1) is 17.8 Å². The Morgan fingerprint density at radius 2 is 1.74 bits per heavy atom. The number of morpholine rings is 1. The predicted octanol–water partition coefficient (Wildman–Crippen LogP) is 2.31. The monoisotopic (exact) mass is 314 g/mol. The van der Waals surface area contributed by atoms with Gasteiger partial charge in [-0.1, -0.05) is 18.2 Å². The van der Waals surface area contributed by atoms with Crippen molar-refractivity contribution in [2.24, 2.45) is 7.05 Å². The summed E-state index contributed by atoms with van der Waals surface area (Å²) < 4.78 is 7.60. The second kappa shape index (κ2) is 5.81. The quantitative estimate of drug-likeness (QED) is 0.631. The van der Waals surface area contributed by atoms with Crippen LogP contribution in [0.5, 0.6) is 0 Å².